The fourth-order valence-electron chi connectivity index (χ4n) is 2.36. The molecule has 0 aliphatic heterocycles. The zero-order valence-corrected chi connectivity index (χ0v) is 11.8. The summed E-state index contributed by atoms with van der Waals surface area (Å²) in [7, 11) is 0. The molecular weight excluding hydrogens is 204 g/mol. The van der Waals surface area contributed by atoms with Crippen molar-refractivity contribution in [3.63, 3.8) is 0 Å². The third kappa shape index (κ3) is 6.51. The quantitative estimate of drug-likeness (QED) is 0.511. The average molecular weight is 232 g/mol. The van der Waals surface area contributed by atoms with Crippen LogP contribution in [0.3, 0.4) is 0 Å². The Kier molecular flexibility index (Phi) is 6.32. The molecular formula is C17H28. The van der Waals surface area contributed by atoms with Crippen molar-refractivity contribution in [2.75, 3.05) is 0 Å². The van der Waals surface area contributed by atoms with Crippen molar-refractivity contribution in [2.45, 2.75) is 65.7 Å². The van der Waals surface area contributed by atoms with Crippen LogP contribution in [0.25, 0.3) is 0 Å². The molecule has 0 N–H and O–H groups in total. The molecule has 0 aliphatic rings. The topological polar surface area (TPSA) is 0 Å². The summed E-state index contributed by atoms with van der Waals surface area (Å²) in [6.07, 6.45) is 9.41. The lowest BCUT2D eigenvalue weighted by molar-refractivity contribution is 0.287. The molecule has 1 aromatic rings. The van der Waals surface area contributed by atoms with E-state index in [2.05, 4.69) is 51.1 Å². The Morgan fingerprint density at radius 1 is 0.882 bits per heavy atom. The summed E-state index contributed by atoms with van der Waals surface area (Å²) in [5, 5.41) is 0. The minimum Gasteiger partial charge on any atom is -0.0654 e. The Hall–Kier alpha value is -0.780. The Labute approximate surface area is 107 Å². The maximum absolute atomic E-state index is 2.42. The van der Waals surface area contributed by atoms with Crippen molar-refractivity contribution in [3.8, 4) is 0 Å². The van der Waals surface area contributed by atoms with Crippen LogP contribution in [0.2, 0.25) is 0 Å². The fraction of sp³-hybridized carbons (Fsp3) is 0.647. The van der Waals surface area contributed by atoms with Crippen LogP contribution in [-0.4, -0.2) is 0 Å². The van der Waals surface area contributed by atoms with Gasteiger partial charge in [0.15, 0.2) is 0 Å². The number of rotatable bonds is 8. The van der Waals surface area contributed by atoms with Gasteiger partial charge in [0.1, 0.15) is 0 Å². The van der Waals surface area contributed by atoms with E-state index in [1.54, 1.807) is 0 Å². The molecule has 0 bridgehead atoms. The van der Waals surface area contributed by atoms with Crippen molar-refractivity contribution in [2.24, 2.45) is 5.41 Å². The van der Waals surface area contributed by atoms with E-state index >= 15 is 0 Å². The van der Waals surface area contributed by atoms with Gasteiger partial charge in [-0.25, -0.2) is 0 Å². The van der Waals surface area contributed by atoms with Crippen molar-refractivity contribution in [1.29, 1.82) is 0 Å². The first-order valence-electron chi connectivity index (χ1n) is 7.18. The van der Waals surface area contributed by atoms with Gasteiger partial charge in [-0.3, -0.25) is 0 Å². The van der Waals surface area contributed by atoms with E-state index in [9.17, 15) is 0 Å². The number of benzene rings is 1. The minimum atomic E-state index is 0.548. The Morgan fingerprint density at radius 2 is 1.53 bits per heavy atom. The summed E-state index contributed by atoms with van der Waals surface area (Å²) in [5.74, 6) is 0. The Morgan fingerprint density at radius 3 is 2.18 bits per heavy atom. The average Bonchev–Trinajstić information content (AvgIpc) is 2.34. The molecule has 0 aromatic heterocycles. The highest BCUT2D eigenvalue weighted by atomic mass is 14.2. The maximum Gasteiger partial charge on any atom is -0.0279 e. The highest BCUT2D eigenvalue weighted by Gasteiger charge is 2.15. The van der Waals surface area contributed by atoms with Crippen LogP contribution < -0.4 is 0 Å². The normalized spacial score (nSPS) is 11.7. The number of hydrogen-bond acceptors (Lipinski definition) is 0. The molecule has 1 rings (SSSR count). The van der Waals surface area contributed by atoms with E-state index < -0.39 is 0 Å². The number of aryl methyl sites for hydroxylation is 1. The highest BCUT2D eigenvalue weighted by Crippen LogP contribution is 2.29. The third-order valence-corrected chi connectivity index (χ3v) is 3.62. The van der Waals surface area contributed by atoms with E-state index in [4.69, 9.17) is 0 Å². The van der Waals surface area contributed by atoms with Gasteiger partial charge in [0.25, 0.3) is 0 Å². The van der Waals surface area contributed by atoms with Gasteiger partial charge >= 0.3 is 0 Å². The van der Waals surface area contributed by atoms with E-state index in [1.807, 2.05) is 0 Å². The first-order valence-corrected chi connectivity index (χ1v) is 7.18. The SMILES string of the molecule is CCCCC(C)(C)CCCCc1ccccc1. The van der Waals surface area contributed by atoms with E-state index in [0.29, 0.717) is 5.41 Å². The summed E-state index contributed by atoms with van der Waals surface area (Å²) in [4.78, 5) is 0. The first-order chi connectivity index (χ1) is 8.14. The second-order valence-electron chi connectivity index (χ2n) is 5.96. The van der Waals surface area contributed by atoms with Crippen LogP contribution in [0.15, 0.2) is 30.3 Å². The van der Waals surface area contributed by atoms with Crippen LogP contribution >= 0.6 is 0 Å². The monoisotopic (exact) mass is 232 g/mol. The van der Waals surface area contributed by atoms with E-state index in [1.165, 1.54) is 50.5 Å². The number of unbranched alkanes of at least 4 members (excludes halogenated alkanes) is 2. The molecule has 0 unspecified atom stereocenters. The summed E-state index contributed by atoms with van der Waals surface area (Å²) >= 11 is 0. The summed E-state index contributed by atoms with van der Waals surface area (Å²) in [5.41, 5.74) is 2.03. The van der Waals surface area contributed by atoms with Gasteiger partial charge in [-0.2, -0.15) is 0 Å². The summed E-state index contributed by atoms with van der Waals surface area (Å²) < 4.78 is 0. The second-order valence-corrected chi connectivity index (χ2v) is 5.96. The van der Waals surface area contributed by atoms with Crippen molar-refractivity contribution >= 4 is 0 Å². The third-order valence-electron chi connectivity index (χ3n) is 3.62. The molecule has 0 fully saturated rings. The minimum absolute atomic E-state index is 0.548. The second kappa shape index (κ2) is 7.53. The van der Waals surface area contributed by atoms with Crippen molar-refractivity contribution in [1.82, 2.24) is 0 Å². The first kappa shape index (κ1) is 14.3. The molecule has 0 spiro atoms. The summed E-state index contributed by atoms with van der Waals surface area (Å²) in [6, 6.07) is 10.9. The van der Waals surface area contributed by atoms with Crippen LogP contribution in [-0.2, 0) is 6.42 Å². The van der Waals surface area contributed by atoms with Gasteiger partial charge in [-0.1, -0.05) is 70.4 Å². The molecule has 0 atom stereocenters. The van der Waals surface area contributed by atoms with Crippen LogP contribution in [0.1, 0.15) is 64.9 Å². The van der Waals surface area contributed by atoms with Gasteiger partial charge in [0.2, 0.25) is 0 Å². The molecule has 0 nitrogen and oxygen atoms in total. The molecule has 0 aliphatic carbocycles. The predicted molar refractivity (Wildman–Crippen MR) is 77.3 cm³/mol. The lowest BCUT2D eigenvalue weighted by atomic mass is 9.82. The van der Waals surface area contributed by atoms with E-state index in [-0.39, 0.29) is 0 Å². The molecule has 0 heteroatoms. The zero-order chi connectivity index (χ0) is 12.6. The van der Waals surface area contributed by atoms with Gasteiger partial charge in [-0.05, 0) is 36.7 Å². The Balaban J connectivity index is 2.15. The Bertz CT molecular complexity index is 284. The molecule has 0 radical (unpaired) electrons. The predicted octanol–water partition coefficient (Wildman–Crippen LogP) is 5.62. The van der Waals surface area contributed by atoms with Crippen LogP contribution in [0, 0.1) is 5.41 Å². The molecule has 0 amide bonds. The number of hydrogen-bond donors (Lipinski definition) is 0. The zero-order valence-electron chi connectivity index (χ0n) is 11.8. The van der Waals surface area contributed by atoms with E-state index in [0.717, 1.165) is 0 Å². The van der Waals surface area contributed by atoms with Gasteiger partial charge < -0.3 is 0 Å². The fourth-order valence-corrected chi connectivity index (χ4v) is 2.36. The molecule has 0 heterocycles. The van der Waals surface area contributed by atoms with Crippen molar-refractivity contribution < 1.29 is 0 Å². The largest absolute Gasteiger partial charge is 0.0654 e. The van der Waals surface area contributed by atoms with Crippen LogP contribution in [0.5, 0.6) is 0 Å². The highest BCUT2D eigenvalue weighted by molar-refractivity contribution is 5.14. The van der Waals surface area contributed by atoms with Crippen molar-refractivity contribution in [3.05, 3.63) is 35.9 Å². The van der Waals surface area contributed by atoms with Gasteiger partial charge in [-0.15, -0.1) is 0 Å². The smallest absolute Gasteiger partial charge is 0.0279 e. The standard InChI is InChI=1S/C17H28/c1-4-5-14-17(2,3)15-10-9-13-16-11-7-6-8-12-16/h6-8,11-12H,4-5,9-10,13-15H2,1-3H3. The summed E-state index contributed by atoms with van der Waals surface area (Å²) in [6.45, 7) is 7.13. The molecule has 96 valence electrons. The lowest BCUT2D eigenvalue weighted by Gasteiger charge is -2.24. The van der Waals surface area contributed by atoms with Gasteiger partial charge in [0, 0.05) is 0 Å². The lowest BCUT2D eigenvalue weighted by Crippen LogP contribution is -2.10. The molecule has 0 saturated carbocycles. The molecule has 0 saturated heterocycles. The molecule has 1 aromatic carbocycles. The van der Waals surface area contributed by atoms with Gasteiger partial charge in [0.05, 0.1) is 0 Å². The maximum atomic E-state index is 2.42. The molecule has 17 heavy (non-hydrogen) atoms. The van der Waals surface area contributed by atoms with Crippen LogP contribution in [0.4, 0.5) is 0 Å².